The molecule has 0 aliphatic carbocycles. The van der Waals surface area contributed by atoms with Gasteiger partial charge < -0.3 is 19.7 Å². The first-order valence-electron chi connectivity index (χ1n) is 9.03. The van der Waals surface area contributed by atoms with Gasteiger partial charge >= 0.3 is 5.97 Å². The molecule has 1 aromatic heterocycles. The minimum Gasteiger partial charge on any atom is -0.490 e. The number of benzene rings is 1. The highest BCUT2D eigenvalue weighted by atomic mass is 35.5. The quantitative estimate of drug-likeness (QED) is 0.436. The van der Waals surface area contributed by atoms with Crippen molar-refractivity contribution in [3.63, 3.8) is 0 Å². The molecule has 1 aromatic carbocycles. The zero-order chi connectivity index (χ0) is 20.8. The van der Waals surface area contributed by atoms with Crippen molar-refractivity contribution in [2.75, 3.05) is 13.2 Å². The fourth-order valence-corrected chi connectivity index (χ4v) is 3.14. The van der Waals surface area contributed by atoms with Crippen molar-refractivity contribution in [2.45, 2.75) is 45.9 Å². The molecule has 0 fully saturated rings. The zero-order valence-electron chi connectivity index (χ0n) is 15.7. The van der Waals surface area contributed by atoms with Crippen LogP contribution in [-0.2, 0) is 11.3 Å². The van der Waals surface area contributed by atoms with Gasteiger partial charge in [0.2, 0.25) is 0 Å². The van der Waals surface area contributed by atoms with Gasteiger partial charge in [0.25, 0.3) is 5.56 Å². The van der Waals surface area contributed by atoms with Crippen LogP contribution in [-0.4, -0.2) is 40.3 Å². The molecule has 2 N–H and O–H groups in total. The molecule has 0 amide bonds. The fourth-order valence-electron chi connectivity index (χ4n) is 2.81. The number of hydrogen-bond donors (Lipinski definition) is 2. The van der Waals surface area contributed by atoms with Crippen LogP contribution in [0.1, 0.15) is 43.6 Å². The number of unbranched alkanes of at least 4 members (excludes halogenated alkanes) is 1. The molecule has 0 bridgehead atoms. The molecule has 2 aromatic rings. The molecule has 0 saturated carbocycles. The van der Waals surface area contributed by atoms with Crippen LogP contribution in [0.15, 0.2) is 16.9 Å². The molecule has 1 unspecified atom stereocenters. The molecule has 0 aliphatic heterocycles. The second-order valence-electron chi connectivity index (χ2n) is 6.15. The number of aromatic nitrogens is 1. The number of aliphatic hydroxyl groups is 1. The first-order chi connectivity index (χ1) is 13.3. The molecular weight excluding hydrogens is 409 g/mol. The number of fused-ring (bicyclic) bond motifs is 1. The second kappa shape index (κ2) is 10.1. The van der Waals surface area contributed by atoms with Crippen molar-refractivity contribution >= 4 is 39.9 Å². The number of ether oxygens (including phenoxy) is 2. The zero-order valence-corrected chi connectivity index (χ0v) is 17.2. The van der Waals surface area contributed by atoms with Gasteiger partial charge in [-0.3, -0.25) is 9.36 Å². The second-order valence-corrected chi connectivity index (χ2v) is 6.97. The van der Waals surface area contributed by atoms with Crippen molar-refractivity contribution in [1.29, 1.82) is 0 Å². The lowest BCUT2D eigenvalue weighted by Crippen LogP contribution is -2.29. The molecule has 0 radical (unpaired) electrons. The predicted octanol–water partition coefficient (Wildman–Crippen LogP) is 3.93. The Balaban J connectivity index is 2.69. The highest BCUT2D eigenvalue weighted by molar-refractivity contribution is 6.42. The van der Waals surface area contributed by atoms with E-state index in [9.17, 15) is 19.8 Å². The molecule has 28 heavy (non-hydrogen) atoms. The molecular formula is C19H23Cl2NO6. The van der Waals surface area contributed by atoms with Crippen molar-refractivity contribution in [1.82, 2.24) is 4.57 Å². The van der Waals surface area contributed by atoms with E-state index in [1.54, 1.807) is 6.92 Å². The van der Waals surface area contributed by atoms with Gasteiger partial charge in [0, 0.05) is 25.0 Å². The number of pyridine rings is 1. The summed E-state index contributed by atoms with van der Waals surface area (Å²) in [5.41, 5.74) is -0.854. The van der Waals surface area contributed by atoms with Crippen LogP contribution in [0.4, 0.5) is 0 Å². The Morgan fingerprint density at radius 3 is 2.43 bits per heavy atom. The van der Waals surface area contributed by atoms with Crippen molar-refractivity contribution < 1.29 is 24.5 Å². The minimum absolute atomic E-state index is 0.0370. The van der Waals surface area contributed by atoms with E-state index < -0.39 is 17.8 Å². The van der Waals surface area contributed by atoms with E-state index in [0.29, 0.717) is 13.0 Å². The third kappa shape index (κ3) is 4.97. The predicted molar refractivity (Wildman–Crippen MR) is 108 cm³/mol. The Bertz CT molecular complexity index is 912. The maximum atomic E-state index is 13.0. The normalized spacial score (nSPS) is 12.3. The van der Waals surface area contributed by atoms with E-state index in [0.717, 1.165) is 11.0 Å². The van der Waals surface area contributed by atoms with Gasteiger partial charge in [-0.25, -0.2) is 4.79 Å². The summed E-state index contributed by atoms with van der Waals surface area (Å²) in [5, 5.41) is 20.4. The van der Waals surface area contributed by atoms with Gasteiger partial charge in [0.1, 0.15) is 0 Å². The molecule has 154 valence electrons. The van der Waals surface area contributed by atoms with Gasteiger partial charge in [-0.15, -0.1) is 0 Å². The average molecular weight is 432 g/mol. The van der Waals surface area contributed by atoms with Crippen LogP contribution in [0.2, 0.25) is 10.0 Å². The van der Waals surface area contributed by atoms with Crippen molar-refractivity contribution in [3.05, 3.63) is 38.2 Å². The Labute approximate surface area is 172 Å². The lowest BCUT2D eigenvalue weighted by atomic mass is 10.1. The summed E-state index contributed by atoms with van der Waals surface area (Å²) in [6.07, 6.45) is 0.486. The van der Waals surface area contributed by atoms with E-state index in [1.165, 1.54) is 12.1 Å². The van der Waals surface area contributed by atoms with E-state index in [1.807, 2.05) is 6.92 Å². The molecule has 0 aliphatic rings. The molecule has 7 nitrogen and oxygen atoms in total. The standard InChI is InChI=1S/C19H23Cl2NO6/c1-3-5-8-28-17-11-9-13(20)14(21)10-12(11)18(24)22(16(17)19(25)26)7-6-15(23)27-4-2/h9-10,15,23H,3-8H2,1-2H3,(H,25,26). The minimum atomic E-state index is -1.32. The number of rotatable bonds is 10. The van der Waals surface area contributed by atoms with E-state index in [4.69, 9.17) is 32.7 Å². The topological polar surface area (TPSA) is 98.0 Å². The molecule has 1 heterocycles. The Morgan fingerprint density at radius 1 is 1.21 bits per heavy atom. The Hall–Kier alpha value is -1.80. The monoisotopic (exact) mass is 431 g/mol. The van der Waals surface area contributed by atoms with Gasteiger partial charge in [-0.2, -0.15) is 0 Å². The number of halogens is 2. The summed E-state index contributed by atoms with van der Waals surface area (Å²) in [6.45, 7) is 4.21. The first-order valence-corrected chi connectivity index (χ1v) is 9.78. The highest BCUT2D eigenvalue weighted by Crippen LogP contribution is 2.34. The van der Waals surface area contributed by atoms with Gasteiger partial charge in [0.05, 0.1) is 22.0 Å². The number of carbonyl (C=O) groups is 1. The lowest BCUT2D eigenvalue weighted by molar-refractivity contribution is -0.100. The maximum Gasteiger partial charge on any atom is 0.356 e. The van der Waals surface area contributed by atoms with Gasteiger partial charge in [-0.1, -0.05) is 36.5 Å². The summed E-state index contributed by atoms with van der Waals surface area (Å²) in [7, 11) is 0. The SMILES string of the molecule is CCCCOc1c(C(=O)O)n(CCC(O)OCC)c(=O)c2cc(Cl)c(Cl)cc12. The molecule has 2 rings (SSSR count). The van der Waals surface area contributed by atoms with Crippen LogP contribution in [0.5, 0.6) is 5.75 Å². The van der Waals surface area contributed by atoms with Crippen molar-refractivity contribution in [3.8, 4) is 5.75 Å². The molecule has 1 atom stereocenters. The van der Waals surface area contributed by atoms with Crippen molar-refractivity contribution in [2.24, 2.45) is 0 Å². The third-order valence-corrected chi connectivity index (χ3v) is 4.89. The summed E-state index contributed by atoms with van der Waals surface area (Å²) in [6, 6.07) is 2.84. The highest BCUT2D eigenvalue weighted by Gasteiger charge is 2.24. The summed E-state index contributed by atoms with van der Waals surface area (Å²) in [4.78, 5) is 25.0. The summed E-state index contributed by atoms with van der Waals surface area (Å²) in [5.74, 6) is -1.26. The van der Waals surface area contributed by atoms with Crippen LogP contribution < -0.4 is 10.3 Å². The van der Waals surface area contributed by atoms with Gasteiger partial charge in [0.15, 0.2) is 17.7 Å². The largest absolute Gasteiger partial charge is 0.490 e. The van der Waals surface area contributed by atoms with Crippen LogP contribution in [0.3, 0.4) is 0 Å². The third-order valence-electron chi connectivity index (χ3n) is 4.17. The number of hydrogen-bond acceptors (Lipinski definition) is 5. The fraction of sp³-hybridized carbons (Fsp3) is 0.474. The lowest BCUT2D eigenvalue weighted by Gasteiger charge is -2.19. The smallest absolute Gasteiger partial charge is 0.356 e. The van der Waals surface area contributed by atoms with E-state index in [-0.39, 0.29) is 51.8 Å². The number of carboxylic acids is 1. The van der Waals surface area contributed by atoms with Crippen LogP contribution in [0.25, 0.3) is 10.8 Å². The number of aromatic carboxylic acids is 1. The number of aliphatic hydroxyl groups excluding tert-OH is 1. The summed E-state index contributed by atoms with van der Waals surface area (Å²) >= 11 is 12.2. The van der Waals surface area contributed by atoms with E-state index in [2.05, 4.69) is 0 Å². The Morgan fingerprint density at radius 2 is 1.86 bits per heavy atom. The summed E-state index contributed by atoms with van der Waals surface area (Å²) < 4.78 is 11.9. The maximum absolute atomic E-state index is 13.0. The Kier molecular flexibility index (Phi) is 8.12. The van der Waals surface area contributed by atoms with Gasteiger partial charge in [-0.05, 0) is 25.5 Å². The number of carboxylic acid groups (broad SMARTS) is 1. The number of nitrogens with zero attached hydrogens (tertiary/aromatic N) is 1. The van der Waals surface area contributed by atoms with E-state index >= 15 is 0 Å². The molecule has 0 spiro atoms. The van der Waals surface area contributed by atoms with Crippen LogP contribution >= 0.6 is 23.2 Å². The molecule has 0 saturated heterocycles. The first kappa shape index (κ1) is 22.5. The molecule has 9 heteroatoms. The van der Waals surface area contributed by atoms with Crippen LogP contribution in [0, 0.1) is 0 Å². The average Bonchev–Trinajstić information content (AvgIpc) is 2.64.